The minimum atomic E-state index is -3.26. The van der Waals surface area contributed by atoms with E-state index in [1.165, 1.54) is 12.1 Å². The average Bonchev–Trinajstić information content (AvgIpc) is 3.12. The van der Waals surface area contributed by atoms with E-state index in [0.29, 0.717) is 37.2 Å². The van der Waals surface area contributed by atoms with Crippen LogP contribution in [-0.4, -0.2) is 34.7 Å². The molecular weight excluding hydrogens is 450 g/mol. The number of aliphatic hydroxyl groups excluding tert-OH is 1. The Balaban J connectivity index is 2.54. The Bertz CT molecular complexity index is 915. The Morgan fingerprint density at radius 3 is 2.37 bits per heavy atom. The molecule has 2 unspecified atom stereocenters. The zero-order chi connectivity index (χ0) is 26.2. The molecule has 0 aliphatic carbocycles. The maximum Gasteiger partial charge on any atom is 0.394 e. The van der Waals surface area contributed by atoms with E-state index in [4.69, 9.17) is 0 Å². The number of benzene rings is 1. The molecule has 2 N–H and O–H groups in total. The summed E-state index contributed by atoms with van der Waals surface area (Å²) in [6.07, 6.45) is 3.80. The maximum atomic E-state index is 13.2. The Labute approximate surface area is 208 Å². The molecule has 0 aromatic heterocycles. The van der Waals surface area contributed by atoms with Gasteiger partial charge in [-0.15, -0.1) is 0 Å². The molecule has 1 aromatic rings. The van der Waals surface area contributed by atoms with Gasteiger partial charge in [-0.1, -0.05) is 52.7 Å². The minimum absolute atomic E-state index is 0.0663. The second-order valence-electron chi connectivity index (χ2n) is 9.10. The number of halogens is 2. The highest BCUT2D eigenvalue weighted by molar-refractivity contribution is 5.85. The van der Waals surface area contributed by atoms with E-state index in [9.17, 15) is 18.7 Å². The number of nitrogens with zero attached hydrogens (tertiary/aromatic N) is 1. The molecule has 0 saturated carbocycles. The van der Waals surface area contributed by atoms with Crippen molar-refractivity contribution in [1.29, 1.82) is 0 Å². The quantitative estimate of drug-likeness (QED) is 0.296. The van der Waals surface area contributed by atoms with Gasteiger partial charge in [0, 0.05) is 42.5 Å². The Morgan fingerprint density at radius 2 is 1.91 bits per heavy atom. The van der Waals surface area contributed by atoms with Crippen molar-refractivity contribution in [3.05, 3.63) is 60.0 Å². The largest absolute Gasteiger partial charge is 0.433 e. The average molecular weight is 491 g/mol. The lowest BCUT2D eigenvalue weighted by Gasteiger charge is -2.33. The van der Waals surface area contributed by atoms with E-state index in [2.05, 4.69) is 37.4 Å². The van der Waals surface area contributed by atoms with Crippen molar-refractivity contribution in [3.8, 4) is 5.75 Å². The standard InChI is InChI=1S/C28H40F2N2O3/c1-7-11-23(20(9-3)10-4)26(24(12-8-2)32-18-17-25(33)27(32)34)19(5)31-21-13-15-22(16-14-21)35-28(6,29)30/h8,12-16,20,23,25,31,33H,5,7,9-11,17-18H2,1-4,6H3/b12-8-,26-24-. The maximum absolute atomic E-state index is 13.2. The van der Waals surface area contributed by atoms with Crippen LogP contribution >= 0.6 is 0 Å². The first-order chi connectivity index (χ1) is 16.6. The number of alkyl halides is 2. The molecule has 7 heteroatoms. The fourth-order valence-corrected chi connectivity index (χ4v) is 4.79. The zero-order valence-corrected chi connectivity index (χ0v) is 21.6. The summed E-state index contributed by atoms with van der Waals surface area (Å²) in [4.78, 5) is 14.5. The van der Waals surface area contributed by atoms with Crippen molar-refractivity contribution in [2.75, 3.05) is 11.9 Å². The highest BCUT2D eigenvalue weighted by atomic mass is 19.3. The van der Waals surface area contributed by atoms with Crippen molar-refractivity contribution >= 4 is 11.6 Å². The van der Waals surface area contributed by atoms with E-state index in [-0.39, 0.29) is 17.6 Å². The van der Waals surface area contributed by atoms with Crippen molar-refractivity contribution in [1.82, 2.24) is 4.90 Å². The topological polar surface area (TPSA) is 61.8 Å². The van der Waals surface area contributed by atoms with Crippen LogP contribution < -0.4 is 10.1 Å². The number of aliphatic hydroxyl groups is 1. The number of likely N-dealkylation sites (tertiary alicyclic amines) is 1. The van der Waals surface area contributed by atoms with Crippen LogP contribution in [0.4, 0.5) is 14.5 Å². The molecule has 194 valence electrons. The van der Waals surface area contributed by atoms with Crippen LogP contribution in [0.25, 0.3) is 0 Å². The predicted octanol–water partition coefficient (Wildman–Crippen LogP) is 6.88. The van der Waals surface area contributed by atoms with Gasteiger partial charge in [-0.3, -0.25) is 4.79 Å². The first-order valence-electron chi connectivity index (χ1n) is 12.6. The molecule has 35 heavy (non-hydrogen) atoms. The summed E-state index contributed by atoms with van der Waals surface area (Å²) in [6, 6.07) is 6.29. The lowest BCUT2D eigenvalue weighted by Crippen LogP contribution is -2.32. The molecule has 2 rings (SSSR count). The summed E-state index contributed by atoms with van der Waals surface area (Å²) in [6.45, 7) is 13.9. The van der Waals surface area contributed by atoms with Gasteiger partial charge in [-0.05, 0) is 55.5 Å². The van der Waals surface area contributed by atoms with Crippen LogP contribution in [0.15, 0.2) is 60.0 Å². The fourth-order valence-electron chi connectivity index (χ4n) is 4.79. The second kappa shape index (κ2) is 12.9. The predicted molar refractivity (Wildman–Crippen MR) is 137 cm³/mol. The minimum Gasteiger partial charge on any atom is -0.433 e. The van der Waals surface area contributed by atoms with Gasteiger partial charge in [0.2, 0.25) is 0 Å². The molecule has 0 bridgehead atoms. The van der Waals surface area contributed by atoms with E-state index < -0.39 is 12.2 Å². The molecular formula is C28H40F2N2O3. The number of rotatable bonds is 13. The first-order valence-corrected chi connectivity index (χ1v) is 12.6. The third-order valence-electron chi connectivity index (χ3n) is 6.43. The summed E-state index contributed by atoms with van der Waals surface area (Å²) in [5.74, 6) is 0.295. The molecule has 0 spiro atoms. The number of hydrogen-bond acceptors (Lipinski definition) is 4. The van der Waals surface area contributed by atoms with E-state index >= 15 is 0 Å². The van der Waals surface area contributed by atoms with Crippen LogP contribution in [0.5, 0.6) is 5.75 Å². The normalized spacial score (nSPS) is 18.3. The number of hydrogen-bond donors (Lipinski definition) is 2. The molecule has 1 aromatic carbocycles. The number of allylic oxidation sites excluding steroid dienone is 3. The van der Waals surface area contributed by atoms with Crippen LogP contribution in [-0.2, 0) is 4.79 Å². The SMILES string of the molecule is C=C(Nc1ccc(OC(C)(F)F)cc1)/C(=C(\C=C/C)N1CCC(O)C1=O)C(CCC)C(CC)CC. The molecule has 1 amide bonds. The van der Waals surface area contributed by atoms with Gasteiger partial charge >= 0.3 is 6.11 Å². The molecule has 1 aliphatic heterocycles. The lowest BCUT2D eigenvalue weighted by atomic mass is 9.77. The van der Waals surface area contributed by atoms with Crippen LogP contribution in [0, 0.1) is 11.8 Å². The van der Waals surface area contributed by atoms with Gasteiger partial charge in [0.25, 0.3) is 5.91 Å². The van der Waals surface area contributed by atoms with Crippen molar-refractivity contribution in [2.45, 2.75) is 78.9 Å². The summed E-state index contributed by atoms with van der Waals surface area (Å²) < 4.78 is 31.0. The zero-order valence-electron chi connectivity index (χ0n) is 21.6. The number of carbonyl (C=O) groups excluding carboxylic acids is 1. The number of nitrogens with one attached hydrogen (secondary N) is 1. The number of carbonyl (C=O) groups is 1. The van der Waals surface area contributed by atoms with E-state index in [1.54, 1.807) is 17.0 Å². The molecule has 2 atom stereocenters. The second-order valence-corrected chi connectivity index (χ2v) is 9.10. The molecule has 1 heterocycles. The fraction of sp³-hybridized carbons (Fsp3) is 0.536. The van der Waals surface area contributed by atoms with Crippen molar-refractivity contribution < 1.29 is 23.4 Å². The lowest BCUT2D eigenvalue weighted by molar-refractivity contribution is -0.158. The molecule has 5 nitrogen and oxygen atoms in total. The monoisotopic (exact) mass is 490 g/mol. The van der Waals surface area contributed by atoms with Gasteiger partial charge in [-0.25, -0.2) is 0 Å². The summed E-state index contributed by atoms with van der Waals surface area (Å²) >= 11 is 0. The molecule has 1 aliphatic rings. The van der Waals surface area contributed by atoms with Crippen molar-refractivity contribution in [2.24, 2.45) is 11.8 Å². The van der Waals surface area contributed by atoms with E-state index in [1.807, 2.05) is 19.1 Å². The van der Waals surface area contributed by atoms with Crippen LogP contribution in [0.1, 0.15) is 66.7 Å². The number of amides is 1. The molecule has 1 saturated heterocycles. The number of ether oxygens (including phenoxy) is 1. The highest BCUT2D eigenvalue weighted by Gasteiger charge is 2.35. The third kappa shape index (κ3) is 7.66. The van der Waals surface area contributed by atoms with E-state index in [0.717, 1.165) is 37.0 Å². The van der Waals surface area contributed by atoms with Gasteiger partial charge < -0.3 is 20.1 Å². The van der Waals surface area contributed by atoms with Gasteiger partial charge in [0.05, 0.1) is 0 Å². The highest BCUT2D eigenvalue weighted by Crippen LogP contribution is 2.38. The third-order valence-corrected chi connectivity index (χ3v) is 6.43. The van der Waals surface area contributed by atoms with Gasteiger partial charge in [-0.2, -0.15) is 8.78 Å². The van der Waals surface area contributed by atoms with Crippen LogP contribution in [0.2, 0.25) is 0 Å². The van der Waals surface area contributed by atoms with Gasteiger partial charge in [0.15, 0.2) is 0 Å². The smallest absolute Gasteiger partial charge is 0.394 e. The number of anilines is 1. The molecule has 1 fully saturated rings. The first kappa shape index (κ1) is 28.6. The Kier molecular flexibility index (Phi) is 10.5. The van der Waals surface area contributed by atoms with Crippen molar-refractivity contribution in [3.63, 3.8) is 0 Å². The summed E-state index contributed by atoms with van der Waals surface area (Å²) in [5.41, 5.74) is 3.02. The Hall–Kier alpha value is -2.67. The molecule has 0 radical (unpaired) electrons. The van der Waals surface area contributed by atoms with Gasteiger partial charge in [0.1, 0.15) is 11.9 Å². The summed E-state index contributed by atoms with van der Waals surface area (Å²) in [5, 5.41) is 13.5. The van der Waals surface area contributed by atoms with Crippen LogP contribution in [0.3, 0.4) is 0 Å². The summed E-state index contributed by atoms with van der Waals surface area (Å²) in [7, 11) is 0. The Morgan fingerprint density at radius 1 is 1.29 bits per heavy atom.